The van der Waals surface area contributed by atoms with Crippen molar-refractivity contribution in [1.82, 2.24) is 9.55 Å². The van der Waals surface area contributed by atoms with Crippen molar-refractivity contribution in [1.29, 1.82) is 0 Å². The summed E-state index contributed by atoms with van der Waals surface area (Å²) < 4.78 is 1.85. The van der Waals surface area contributed by atoms with Gasteiger partial charge in [0.05, 0.1) is 12.4 Å². The highest BCUT2D eigenvalue weighted by Crippen LogP contribution is 2.30. The van der Waals surface area contributed by atoms with Crippen molar-refractivity contribution >= 4 is 29.5 Å². The van der Waals surface area contributed by atoms with E-state index in [1.54, 1.807) is 30.9 Å². The monoisotopic (exact) mass is 268 g/mol. The number of aldehydes is 1. The lowest BCUT2D eigenvalue weighted by molar-refractivity contribution is -0.108. The van der Waals surface area contributed by atoms with Gasteiger partial charge in [-0.3, -0.25) is 0 Å². The number of imidazole rings is 1. The van der Waals surface area contributed by atoms with Crippen LogP contribution in [0.1, 0.15) is 18.0 Å². The van der Waals surface area contributed by atoms with Gasteiger partial charge in [0.2, 0.25) is 0 Å². The third-order valence-corrected chi connectivity index (χ3v) is 3.09. The van der Waals surface area contributed by atoms with Crippen molar-refractivity contribution in [2.75, 3.05) is 0 Å². The average Bonchev–Trinajstić information content (AvgIpc) is 2.80. The minimum atomic E-state index is -0.139. The number of hydrogen-bond acceptors (Lipinski definition) is 2. The summed E-state index contributed by atoms with van der Waals surface area (Å²) in [5.74, 6) is 0. The second kappa shape index (κ2) is 5.34. The van der Waals surface area contributed by atoms with Crippen LogP contribution in [-0.4, -0.2) is 15.8 Å². The van der Waals surface area contributed by atoms with Gasteiger partial charge >= 0.3 is 0 Å². The van der Waals surface area contributed by atoms with Crippen LogP contribution in [0.4, 0.5) is 0 Å². The molecule has 0 fully saturated rings. The Kier molecular flexibility index (Phi) is 3.82. The van der Waals surface area contributed by atoms with Crippen LogP contribution in [0.3, 0.4) is 0 Å². The first-order valence-electron chi connectivity index (χ1n) is 5.08. The first-order valence-corrected chi connectivity index (χ1v) is 5.84. The molecule has 3 nitrogen and oxygen atoms in total. The molecule has 0 saturated carbocycles. The number of carbonyl (C=O) groups excluding carboxylic acids is 1. The summed E-state index contributed by atoms with van der Waals surface area (Å²) in [5, 5.41) is 1.13. The molecule has 88 valence electrons. The molecule has 0 amide bonds. The van der Waals surface area contributed by atoms with Crippen LogP contribution < -0.4 is 0 Å². The quantitative estimate of drug-likeness (QED) is 0.797. The maximum absolute atomic E-state index is 10.8. The average molecular weight is 269 g/mol. The Labute approximate surface area is 109 Å². The summed E-state index contributed by atoms with van der Waals surface area (Å²) in [4.78, 5) is 14.7. The second-order valence-electron chi connectivity index (χ2n) is 3.59. The Hall–Kier alpha value is -1.32. The first kappa shape index (κ1) is 12.1. The number of aromatic nitrogens is 2. The van der Waals surface area contributed by atoms with Gasteiger partial charge in [0.25, 0.3) is 0 Å². The first-order chi connectivity index (χ1) is 8.22. The molecule has 1 atom stereocenters. The van der Waals surface area contributed by atoms with Crippen LogP contribution in [0.15, 0.2) is 36.9 Å². The maximum atomic E-state index is 10.8. The molecule has 0 aliphatic rings. The molecule has 0 aliphatic heterocycles. The van der Waals surface area contributed by atoms with Gasteiger partial charge in [0, 0.05) is 28.9 Å². The van der Waals surface area contributed by atoms with Crippen LogP contribution in [0.25, 0.3) is 0 Å². The zero-order chi connectivity index (χ0) is 12.3. The molecule has 1 heterocycles. The Morgan fingerprint density at radius 2 is 2.24 bits per heavy atom. The SMILES string of the molecule is O=CCC(c1ccc(Cl)cc1Cl)n1ccnc1. The number of carbonyl (C=O) groups is 1. The largest absolute Gasteiger partial charge is 0.330 e. The molecular formula is C12H10Cl2N2O. The van der Waals surface area contributed by atoms with Gasteiger partial charge in [-0.15, -0.1) is 0 Å². The maximum Gasteiger partial charge on any atom is 0.122 e. The van der Waals surface area contributed by atoms with E-state index in [-0.39, 0.29) is 6.04 Å². The molecule has 1 aromatic heterocycles. The number of nitrogens with zero attached hydrogens (tertiary/aromatic N) is 2. The summed E-state index contributed by atoms with van der Waals surface area (Å²) in [5.41, 5.74) is 0.862. The van der Waals surface area contributed by atoms with Crippen LogP contribution >= 0.6 is 23.2 Å². The van der Waals surface area contributed by atoms with Gasteiger partial charge in [-0.25, -0.2) is 4.98 Å². The van der Waals surface area contributed by atoms with Gasteiger partial charge < -0.3 is 9.36 Å². The van der Waals surface area contributed by atoms with Gasteiger partial charge in [0.1, 0.15) is 6.29 Å². The number of hydrogen-bond donors (Lipinski definition) is 0. The van der Waals surface area contributed by atoms with Crippen LogP contribution in [0.2, 0.25) is 10.0 Å². The van der Waals surface area contributed by atoms with Crippen molar-refractivity contribution in [2.24, 2.45) is 0 Å². The smallest absolute Gasteiger partial charge is 0.122 e. The summed E-state index contributed by atoms with van der Waals surface area (Å²) in [6, 6.07) is 5.13. The van der Waals surface area contributed by atoms with E-state index < -0.39 is 0 Å². The second-order valence-corrected chi connectivity index (χ2v) is 4.44. The lowest BCUT2D eigenvalue weighted by Crippen LogP contribution is -2.10. The highest BCUT2D eigenvalue weighted by Gasteiger charge is 2.16. The molecule has 0 bridgehead atoms. The minimum Gasteiger partial charge on any atom is -0.330 e. The Balaban J connectivity index is 2.42. The molecule has 0 spiro atoms. The Morgan fingerprint density at radius 1 is 1.41 bits per heavy atom. The van der Waals surface area contributed by atoms with Crippen molar-refractivity contribution in [3.8, 4) is 0 Å². The highest BCUT2D eigenvalue weighted by atomic mass is 35.5. The van der Waals surface area contributed by atoms with Crippen molar-refractivity contribution in [3.63, 3.8) is 0 Å². The topological polar surface area (TPSA) is 34.9 Å². The van der Waals surface area contributed by atoms with Gasteiger partial charge in [-0.05, 0) is 17.7 Å². The predicted molar refractivity (Wildman–Crippen MR) is 67.5 cm³/mol. The fraction of sp³-hybridized carbons (Fsp3) is 0.167. The molecule has 2 rings (SSSR count). The lowest BCUT2D eigenvalue weighted by Gasteiger charge is -2.17. The normalized spacial score (nSPS) is 12.4. The van der Waals surface area contributed by atoms with Crippen LogP contribution in [0, 0.1) is 0 Å². The van der Waals surface area contributed by atoms with Crippen LogP contribution in [-0.2, 0) is 4.79 Å². The molecule has 0 aliphatic carbocycles. The van der Waals surface area contributed by atoms with E-state index >= 15 is 0 Å². The molecule has 0 saturated heterocycles. The minimum absolute atomic E-state index is 0.139. The van der Waals surface area contributed by atoms with E-state index in [2.05, 4.69) is 4.98 Å². The zero-order valence-electron chi connectivity index (χ0n) is 8.88. The summed E-state index contributed by atoms with van der Waals surface area (Å²) in [6.45, 7) is 0. The fourth-order valence-corrected chi connectivity index (χ4v) is 2.26. The molecular weight excluding hydrogens is 259 g/mol. The zero-order valence-corrected chi connectivity index (χ0v) is 10.4. The molecule has 1 unspecified atom stereocenters. The third-order valence-electron chi connectivity index (χ3n) is 2.53. The van der Waals surface area contributed by atoms with E-state index in [9.17, 15) is 4.79 Å². The summed E-state index contributed by atoms with van der Waals surface area (Å²) in [7, 11) is 0. The summed E-state index contributed by atoms with van der Waals surface area (Å²) in [6.07, 6.45) is 6.35. The van der Waals surface area contributed by atoms with E-state index in [0.29, 0.717) is 16.5 Å². The Morgan fingerprint density at radius 3 is 2.82 bits per heavy atom. The number of halogens is 2. The number of rotatable bonds is 4. The van der Waals surface area contributed by atoms with Gasteiger partial charge in [-0.1, -0.05) is 29.3 Å². The molecule has 2 aromatic rings. The van der Waals surface area contributed by atoms with Crippen molar-refractivity contribution in [2.45, 2.75) is 12.5 Å². The third kappa shape index (κ3) is 2.68. The molecule has 0 radical (unpaired) electrons. The fourth-order valence-electron chi connectivity index (χ4n) is 1.73. The highest BCUT2D eigenvalue weighted by molar-refractivity contribution is 6.35. The van der Waals surface area contributed by atoms with E-state index in [1.165, 1.54) is 0 Å². The standard InChI is InChI=1S/C12H10Cl2N2O/c13-9-1-2-10(11(14)7-9)12(3-6-17)16-5-4-15-8-16/h1-2,4-8,12H,3H2. The van der Waals surface area contributed by atoms with Crippen molar-refractivity contribution < 1.29 is 4.79 Å². The van der Waals surface area contributed by atoms with Gasteiger partial charge in [-0.2, -0.15) is 0 Å². The molecule has 17 heavy (non-hydrogen) atoms. The predicted octanol–water partition coefficient (Wildman–Crippen LogP) is 3.37. The van der Waals surface area contributed by atoms with E-state index in [4.69, 9.17) is 23.2 Å². The van der Waals surface area contributed by atoms with E-state index in [1.807, 2.05) is 10.6 Å². The lowest BCUT2D eigenvalue weighted by atomic mass is 10.0. The van der Waals surface area contributed by atoms with Gasteiger partial charge in [0.15, 0.2) is 0 Å². The molecule has 5 heteroatoms. The summed E-state index contributed by atoms with van der Waals surface area (Å²) >= 11 is 12.0. The molecule has 0 N–H and O–H groups in total. The van der Waals surface area contributed by atoms with Crippen LogP contribution in [0.5, 0.6) is 0 Å². The van der Waals surface area contributed by atoms with Crippen molar-refractivity contribution in [3.05, 3.63) is 52.5 Å². The van der Waals surface area contributed by atoms with E-state index in [0.717, 1.165) is 11.8 Å². The Bertz CT molecular complexity index is 511. The molecule has 1 aromatic carbocycles. The number of benzene rings is 1.